The molecule has 2 rings (SSSR count). The molecule has 1 aromatic heterocycles. The van der Waals surface area contributed by atoms with Crippen LogP contribution in [0.4, 0.5) is 0 Å². The lowest BCUT2D eigenvalue weighted by atomic mass is 10.1. The second-order valence-corrected chi connectivity index (χ2v) is 3.85. The van der Waals surface area contributed by atoms with Gasteiger partial charge in [-0.25, -0.2) is 0 Å². The Hall–Kier alpha value is -0.930. The van der Waals surface area contributed by atoms with Crippen LogP contribution in [0.1, 0.15) is 21.7 Å². The van der Waals surface area contributed by atoms with E-state index in [1.165, 1.54) is 22.5 Å². The molecule has 0 saturated heterocycles. The topological polar surface area (TPSA) is 26.3 Å². The summed E-state index contributed by atoms with van der Waals surface area (Å²) in [5.41, 5.74) is 2.48. The van der Waals surface area contributed by atoms with Gasteiger partial charge >= 0.3 is 0 Å². The van der Waals surface area contributed by atoms with E-state index in [2.05, 4.69) is 6.08 Å². The van der Waals surface area contributed by atoms with Crippen LogP contribution >= 0.6 is 11.3 Å². The Balaban J connectivity index is 2.23. The first-order valence-electron chi connectivity index (χ1n) is 4.21. The van der Waals surface area contributed by atoms with Crippen molar-refractivity contribution in [2.45, 2.75) is 6.42 Å². The second kappa shape index (κ2) is 3.85. The molecule has 0 aliphatic carbocycles. The van der Waals surface area contributed by atoms with E-state index in [1.807, 2.05) is 11.4 Å². The fourth-order valence-electron chi connectivity index (χ4n) is 1.37. The Morgan fingerprint density at radius 1 is 1.54 bits per heavy atom. The van der Waals surface area contributed by atoms with Gasteiger partial charge in [-0.3, -0.25) is 4.79 Å². The lowest BCUT2D eigenvalue weighted by Gasteiger charge is -2.11. The third-order valence-corrected chi connectivity index (χ3v) is 2.93. The first-order chi connectivity index (χ1) is 6.40. The van der Waals surface area contributed by atoms with Gasteiger partial charge in [-0.15, -0.1) is 11.3 Å². The van der Waals surface area contributed by atoms with Crippen molar-refractivity contribution in [3.63, 3.8) is 0 Å². The Kier molecular flexibility index (Phi) is 2.57. The van der Waals surface area contributed by atoms with Crippen LogP contribution in [0.5, 0.6) is 0 Å². The standard InChI is InChI=1S/C10H10O2S/c11-6-10-5-9(7-13-10)8-1-3-12-4-2-8/h1,5-7H,2-4H2. The fraction of sp³-hybridized carbons (Fsp3) is 0.300. The zero-order chi connectivity index (χ0) is 9.10. The van der Waals surface area contributed by atoms with Gasteiger partial charge in [-0.1, -0.05) is 6.08 Å². The van der Waals surface area contributed by atoms with E-state index in [0.29, 0.717) is 6.61 Å². The van der Waals surface area contributed by atoms with Crippen molar-refractivity contribution in [3.05, 3.63) is 28.0 Å². The number of rotatable bonds is 2. The maximum absolute atomic E-state index is 10.5. The number of hydrogen-bond donors (Lipinski definition) is 0. The predicted molar refractivity (Wildman–Crippen MR) is 53.1 cm³/mol. The van der Waals surface area contributed by atoms with Crippen molar-refractivity contribution >= 4 is 23.2 Å². The molecule has 1 aromatic rings. The summed E-state index contributed by atoms with van der Waals surface area (Å²) in [6.07, 6.45) is 3.93. The lowest BCUT2D eigenvalue weighted by molar-refractivity contribution is 0.112. The predicted octanol–water partition coefficient (Wildman–Crippen LogP) is 2.36. The summed E-state index contributed by atoms with van der Waals surface area (Å²) >= 11 is 1.49. The minimum Gasteiger partial charge on any atom is -0.377 e. The monoisotopic (exact) mass is 194 g/mol. The van der Waals surface area contributed by atoms with Gasteiger partial charge in [-0.05, 0) is 29.0 Å². The third-order valence-electron chi connectivity index (χ3n) is 2.07. The molecule has 0 fully saturated rings. The van der Waals surface area contributed by atoms with E-state index < -0.39 is 0 Å². The highest BCUT2D eigenvalue weighted by atomic mass is 32.1. The summed E-state index contributed by atoms with van der Waals surface area (Å²) < 4.78 is 5.21. The van der Waals surface area contributed by atoms with Crippen molar-refractivity contribution in [1.29, 1.82) is 0 Å². The molecule has 1 aliphatic rings. The molecule has 1 aliphatic heterocycles. The van der Waals surface area contributed by atoms with Crippen LogP contribution in [-0.4, -0.2) is 19.5 Å². The minimum atomic E-state index is 0.696. The van der Waals surface area contributed by atoms with Crippen molar-refractivity contribution < 1.29 is 9.53 Å². The number of carbonyl (C=O) groups excluding carboxylic acids is 1. The quantitative estimate of drug-likeness (QED) is 0.675. The molecular weight excluding hydrogens is 184 g/mol. The van der Waals surface area contributed by atoms with Gasteiger partial charge in [0.25, 0.3) is 0 Å². The fourth-order valence-corrected chi connectivity index (χ4v) is 2.11. The summed E-state index contributed by atoms with van der Waals surface area (Å²) in [5.74, 6) is 0. The van der Waals surface area contributed by atoms with Crippen LogP contribution in [0.2, 0.25) is 0 Å². The van der Waals surface area contributed by atoms with Gasteiger partial charge in [0.05, 0.1) is 18.1 Å². The number of hydrogen-bond acceptors (Lipinski definition) is 3. The highest BCUT2D eigenvalue weighted by molar-refractivity contribution is 7.11. The Morgan fingerprint density at radius 2 is 2.46 bits per heavy atom. The maximum Gasteiger partial charge on any atom is 0.160 e. The Bertz CT molecular complexity index is 338. The SMILES string of the molecule is O=Cc1cc(C2=CCOCC2)cs1. The summed E-state index contributed by atoms with van der Waals surface area (Å²) in [6.45, 7) is 1.49. The second-order valence-electron chi connectivity index (χ2n) is 2.91. The molecule has 0 saturated carbocycles. The first-order valence-corrected chi connectivity index (χ1v) is 5.09. The molecule has 0 spiro atoms. The molecule has 0 radical (unpaired) electrons. The average molecular weight is 194 g/mol. The lowest BCUT2D eigenvalue weighted by Crippen LogP contribution is -2.02. The largest absolute Gasteiger partial charge is 0.377 e. The number of thiophene rings is 1. The molecule has 68 valence electrons. The van der Waals surface area contributed by atoms with Gasteiger partial charge in [0.1, 0.15) is 0 Å². The molecule has 0 bridgehead atoms. The van der Waals surface area contributed by atoms with E-state index in [1.54, 1.807) is 0 Å². The molecule has 0 atom stereocenters. The molecule has 0 unspecified atom stereocenters. The van der Waals surface area contributed by atoms with Crippen LogP contribution < -0.4 is 0 Å². The van der Waals surface area contributed by atoms with E-state index in [4.69, 9.17) is 4.74 Å². The van der Waals surface area contributed by atoms with Gasteiger partial charge in [0.2, 0.25) is 0 Å². The number of aldehydes is 1. The van der Waals surface area contributed by atoms with Crippen LogP contribution in [0.3, 0.4) is 0 Å². The van der Waals surface area contributed by atoms with E-state index in [9.17, 15) is 4.79 Å². The van der Waals surface area contributed by atoms with Crippen LogP contribution in [0.25, 0.3) is 5.57 Å². The smallest absolute Gasteiger partial charge is 0.160 e. The van der Waals surface area contributed by atoms with Crippen LogP contribution in [0.15, 0.2) is 17.5 Å². The highest BCUT2D eigenvalue weighted by Gasteiger charge is 2.07. The molecule has 0 N–H and O–H groups in total. The summed E-state index contributed by atoms with van der Waals surface area (Å²) in [7, 11) is 0. The first kappa shape index (κ1) is 8.66. The molecule has 3 heteroatoms. The zero-order valence-corrected chi connectivity index (χ0v) is 7.97. The Morgan fingerprint density at radius 3 is 3.08 bits per heavy atom. The molecule has 2 heterocycles. The van der Waals surface area contributed by atoms with Crippen LogP contribution in [-0.2, 0) is 4.74 Å². The third kappa shape index (κ3) is 1.87. The molecule has 13 heavy (non-hydrogen) atoms. The summed E-state index contributed by atoms with van der Waals surface area (Å²) in [6, 6.07) is 1.94. The van der Waals surface area contributed by atoms with E-state index in [0.717, 1.165) is 24.2 Å². The van der Waals surface area contributed by atoms with Crippen molar-refractivity contribution in [3.8, 4) is 0 Å². The molecule has 0 amide bonds. The van der Waals surface area contributed by atoms with Crippen molar-refractivity contribution in [1.82, 2.24) is 0 Å². The summed E-state index contributed by atoms with van der Waals surface area (Å²) in [5, 5.41) is 2.03. The van der Waals surface area contributed by atoms with E-state index >= 15 is 0 Å². The highest BCUT2D eigenvalue weighted by Crippen LogP contribution is 2.25. The molecular formula is C10H10O2S. The maximum atomic E-state index is 10.5. The number of carbonyl (C=O) groups is 1. The zero-order valence-electron chi connectivity index (χ0n) is 7.16. The average Bonchev–Trinajstić information content (AvgIpc) is 2.67. The van der Waals surface area contributed by atoms with E-state index in [-0.39, 0.29) is 0 Å². The van der Waals surface area contributed by atoms with Gasteiger partial charge in [-0.2, -0.15) is 0 Å². The molecule has 2 nitrogen and oxygen atoms in total. The number of ether oxygens (including phenoxy) is 1. The van der Waals surface area contributed by atoms with Crippen molar-refractivity contribution in [2.24, 2.45) is 0 Å². The van der Waals surface area contributed by atoms with Gasteiger partial charge in [0, 0.05) is 0 Å². The van der Waals surface area contributed by atoms with Crippen molar-refractivity contribution in [2.75, 3.05) is 13.2 Å². The van der Waals surface area contributed by atoms with Crippen LogP contribution in [0, 0.1) is 0 Å². The molecule has 0 aromatic carbocycles. The van der Waals surface area contributed by atoms with Gasteiger partial charge in [0.15, 0.2) is 6.29 Å². The minimum absolute atomic E-state index is 0.696. The van der Waals surface area contributed by atoms with Gasteiger partial charge < -0.3 is 4.74 Å². The Labute approximate surface area is 80.8 Å². The normalized spacial score (nSPS) is 16.8. The summed E-state index contributed by atoms with van der Waals surface area (Å²) in [4.78, 5) is 11.3.